The molecule has 0 aliphatic carbocycles. The monoisotopic (exact) mass is 270 g/mol. The molecule has 0 fully saturated rings. The quantitative estimate of drug-likeness (QED) is 0.223. The van der Waals surface area contributed by atoms with Gasteiger partial charge in [-0.3, -0.25) is 15.4 Å². The molecule has 0 radical (unpaired) electrons. The molecule has 6 nitrogen and oxygen atoms in total. The van der Waals surface area contributed by atoms with Gasteiger partial charge in [-0.2, -0.15) is 5.26 Å². The van der Waals surface area contributed by atoms with Crippen molar-refractivity contribution in [3.8, 4) is 6.19 Å². The van der Waals surface area contributed by atoms with Gasteiger partial charge in [0.05, 0.1) is 15.6 Å². The summed E-state index contributed by atoms with van der Waals surface area (Å²) in [4.78, 5) is 14.0. The molecule has 0 unspecified atom stereocenters. The molecule has 0 amide bonds. The first-order valence-electron chi connectivity index (χ1n) is 4.30. The summed E-state index contributed by atoms with van der Waals surface area (Å²) in [6.07, 6.45) is 3.47. The van der Waals surface area contributed by atoms with Crippen LogP contribution in [-0.2, 0) is 0 Å². The summed E-state index contributed by atoms with van der Waals surface area (Å²) in [5.74, 6) is 0. The molecule has 0 saturated heterocycles. The number of nitro benzene ring substituents is 1. The van der Waals surface area contributed by atoms with E-state index in [9.17, 15) is 10.1 Å². The van der Waals surface area contributed by atoms with Gasteiger partial charge >= 0.3 is 0 Å². The first kappa shape index (κ1) is 13.3. The molecule has 0 aliphatic rings. The molecule has 0 aliphatic heterocycles. The lowest BCUT2D eigenvalue weighted by molar-refractivity contribution is -0.384. The van der Waals surface area contributed by atoms with Gasteiger partial charge in [0.15, 0.2) is 11.4 Å². The Morgan fingerprint density at radius 2 is 2.41 bits per heavy atom. The lowest BCUT2D eigenvalue weighted by atomic mass is 10.3. The van der Waals surface area contributed by atoms with Crippen molar-refractivity contribution in [1.29, 1.82) is 5.26 Å². The predicted molar refractivity (Wildman–Crippen MR) is 67.5 cm³/mol. The number of non-ortho nitro benzene ring substituents is 1. The molecule has 0 spiro atoms. The zero-order valence-corrected chi connectivity index (χ0v) is 10.2. The zero-order valence-electron chi connectivity index (χ0n) is 8.68. The molecule has 88 valence electrons. The van der Waals surface area contributed by atoms with Crippen molar-refractivity contribution in [2.24, 2.45) is 4.99 Å². The smallest absolute Gasteiger partial charge is 0.271 e. The fraction of sp³-hybridized carbons (Fsp3) is 0.111. The van der Waals surface area contributed by atoms with Gasteiger partial charge < -0.3 is 0 Å². The number of thioether (sulfide) groups is 1. The van der Waals surface area contributed by atoms with Gasteiger partial charge in [-0.15, -0.1) is 0 Å². The van der Waals surface area contributed by atoms with Crippen LogP contribution >= 0.6 is 23.4 Å². The van der Waals surface area contributed by atoms with E-state index in [-0.39, 0.29) is 10.7 Å². The molecule has 1 rings (SSSR count). The van der Waals surface area contributed by atoms with Crippen molar-refractivity contribution in [2.75, 3.05) is 6.26 Å². The Morgan fingerprint density at radius 1 is 1.71 bits per heavy atom. The summed E-state index contributed by atoms with van der Waals surface area (Å²) in [6.45, 7) is 0. The molecule has 0 saturated carbocycles. The van der Waals surface area contributed by atoms with Crippen LogP contribution in [0.25, 0.3) is 0 Å². The molecule has 1 aromatic rings. The van der Waals surface area contributed by atoms with Crippen molar-refractivity contribution in [3.63, 3.8) is 0 Å². The average molecular weight is 271 g/mol. The van der Waals surface area contributed by atoms with E-state index in [0.717, 1.165) is 0 Å². The van der Waals surface area contributed by atoms with Crippen LogP contribution in [0.3, 0.4) is 0 Å². The summed E-state index contributed by atoms with van der Waals surface area (Å²) in [7, 11) is 0. The fourth-order valence-electron chi connectivity index (χ4n) is 0.982. The molecular weight excluding hydrogens is 264 g/mol. The van der Waals surface area contributed by atoms with Crippen molar-refractivity contribution in [2.45, 2.75) is 0 Å². The highest BCUT2D eigenvalue weighted by Crippen LogP contribution is 2.29. The Morgan fingerprint density at radius 3 is 2.88 bits per heavy atom. The lowest BCUT2D eigenvalue weighted by Gasteiger charge is -2.01. The van der Waals surface area contributed by atoms with Crippen molar-refractivity contribution in [1.82, 2.24) is 5.32 Å². The van der Waals surface area contributed by atoms with Crippen LogP contribution in [0.1, 0.15) is 0 Å². The summed E-state index contributed by atoms with van der Waals surface area (Å²) in [6, 6.07) is 3.94. The van der Waals surface area contributed by atoms with E-state index in [1.807, 2.05) is 0 Å². The van der Waals surface area contributed by atoms with Gasteiger partial charge in [-0.05, 0) is 12.3 Å². The molecular formula is C9H7ClN4O2S. The topological polar surface area (TPSA) is 91.3 Å². The van der Waals surface area contributed by atoms with Crippen LogP contribution in [0, 0.1) is 21.6 Å². The molecule has 1 aromatic carbocycles. The Bertz CT molecular complexity index is 512. The summed E-state index contributed by atoms with van der Waals surface area (Å²) < 4.78 is 0. The highest BCUT2D eigenvalue weighted by Gasteiger charge is 2.09. The van der Waals surface area contributed by atoms with E-state index in [0.29, 0.717) is 10.9 Å². The average Bonchev–Trinajstić information content (AvgIpc) is 2.30. The van der Waals surface area contributed by atoms with Crippen LogP contribution < -0.4 is 5.32 Å². The first-order valence-corrected chi connectivity index (χ1v) is 5.90. The summed E-state index contributed by atoms with van der Waals surface area (Å²) in [5.41, 5.74) is 0.261. The second kappa shape index (κ2) is 6.08. The number of benzene rings is 1. The van der Waals surface area contributed by atoms with Crippen LogP contribution in [0.5, 0.6) is 0 Å². The van der Waals surface area contributed by atoms with E-state index >= 15 is 0 Å². The SMILES string of the molecule is CSC(=Nc1ccc([N+](=O)[O-])cc1Cl)NC#N. The number of hydrogen-bond donors (Lipinski definition) is 1. The standard InChI is InChI=1S/C9H7ClN4O2S/c1-17-9(12-5-11)13-8-3-2-6(14(15)16)4-7(8)10/h2-4H,1H3,(H,12,13). The first-order chi connectivity index (χ1) is 8.08. The molecule has 0 aromatic heterocycles. The van der Waals surface area contributed by atoms with Gasteiger partial charge in [0.2, 0.25) is 0 Å². The van der Waals surface area contributed by atoms with Crippen molar-refractivity contribution < 1.29 is 4.92 Å². The number of amidine groups is 1. The van der Waals surface area contributed by atoms with Crippen LogP contribution in [0.2, 0.25) is 5.02 Å². The number of aliphatic imine (C=N–C) groups is 1. The van der Waals surface area contributed by atoms with Gasteiger partial charge in [0, 0.05) is 12.1 Å². The van der Waals surface area contributed by atoms with Crippen LogP contribution in [0.4, 0.5) is 11.4 Å². The Hall–Kier alpha value is -1.78. The van der Waals surface area contributed by atoms with Gasteiger partial charge in [-0.1, -0.05) is 23.4 Å². The third kappa shape index (κ3) is 3.62. The van der Waals surface area contributed by atoms with Crippen molar-refractivity contribution >= 4 is 39.9 Å². The highest BCUT2D eigenvalue weighted by molar-refractivity contribution is 8.13. The highest BCUT2D eigenvalue weighted by atomic mass is 35.5. The Kier molecular flexibility index (Phi) is 4.75. The second-order valence-corrected chi connectivity index (χ2v) is 3.95. The largest absolute Gasteiger partial charge is 0.271 e. The van der Waals surface area contributed by atoms with Gasteiger partial charge in [0.25, 0.3) is 5.69 Å². The minimum absolute atomic E-state index is 0.104. The third-order valence-electron chi connectivity index (χ3n) is 1.72. The van der Waals surface area contributed by atoms with Crippen molar-refractivity contribution in [3.05, 3.63) is 33.3 Å². The summed E-state index contributed by atoms with van der Waals surface area (Å²) >= 11 is 7.08. The molecule has 1 N–H and O–H groups in total. The van der Waals surface area contributed by atoms with Crippen LogP contribution in [0.15, 0.2) is 23.2 Å². The lowest BCUT2D eigenvalue weighted by Crippen LogP contribution is -2.12. The molecule has 0 atom stereocenters. The number of nitrogens with zero attached hydrogens (tertiary/aromatic N) is 3. The maximum absolute atomic E-state index is 10.5. The molecule has 0 bridgehead atoms. The molecule has 0 heterocycles. The normalized spacial score (nSPS) is 10.8. The number of halogens is 1. The van der Waals surface area contributed by atoms with Crippen LogP contribution in [-0.4, -0.2) is 16.3 Å². The fourth-order valence-corrected chi connectivity index (χ4v) is 1.54. The van der Waals surface area contributed by atoms with E-state index in [1.165, 1.54) is 30.0 Å². The Labute approximate surface area is 106 Å². The minimum atomic E-state index is -0.539. The number of nitrogens with one attached hydrogen (secondary N) is 1. The van der Waals surface area contributed by atoms with Gasteiger partial charge in [0.1, 0.15) is 0 Å². The number of nitriles is 1. The zero-order chi connectivity index (χ0) is 12.8. The number of rotatable bonds is 2. The van der Waals surface area contributed by atoms with E-state index in [1.54, 1.807) is 12.4 Å². The summed E-state index contributed by atoms with van der Waals surface area (Å²) in [5, 5.41) is 21.8. The maximum atomic E-state index is 10.5. The number of hydrogen-bond acceptors (Lipinski definition) is 5. The van der Waals surface area contributed by atoms with E-state index in [4.69, 9.17) is 16.9 Å². The second-order valence-electron chi connectivity index (χ2n) is 2.75. The van der Waals surface area contributed by atoms with E-state index in [2.05, 4.69) is 10.3 Å². The Balaban J connectivity index is 3.08. The third-order valence-corrected chi connectivity index (χ3v) is 2.60. The van der Waals surface area contributed by atoms with E-state index < -0.39 is 4.92 Å². The van der Waals surface area contributed by atoms with Gasteiger partial charge in [-0.25, -0.2) is 4.99 Å². The minimum Gasteiger partial charge on any atom is -0.271 e. The number of nitro groups is 1. The maximum Gasteiger partial charge on any atom is 0.271 e. The molecule has 8 heteroatoms. The predicted octanol–water partition coefficient (Wildman–Crippen LogP) is 2.67. The molecule has 17 heavy (non-hydrogen) atoms.